The zero-order chi connectivity index (χ0) is 14.4. The van der Waals surface area contributed by atoms with Crippen molar-refractivity contribution in [1.29, 1.82) is 0 Å². The molecule has 0 radical (unpaired) electrons. The second kappa shape index (κ2) is 7.21. The lowest BCUT2D eigenvalue weighted by Crippen LogP contribution is -2.28. The van der Waals surface area contributed by atoms with Crippen molar-refractivity contribution >= 4 is 11.7 Å². The maximum absolute atomic E-state index is 12.0. The van der Waals surface area contributed by atoms with Gasteiger partial charge in [0, 0.05) is 17.8 Å². The molecule has 1 aromatic rings. The molecule has 1 fully saturated rings. The van der Waals surface area contributed by atoms with E-state index < -0.39 is 0 Å². The number of rotatable bonds is 6. The lowest BCUT2D eigenvalue weighted by Gasteiger charge is -2.14. The Morgan fingerprint density at radius 1 is 1.40 bits per heavy atom. The molecule has 0 spiro atoms. The lowest BCUT2D eigenvalue weighted by molar-refractivity contribution is 0.0952. The Balaban J connectivity index is 1.77. The standard InChI is InChI=1S/C14H23N5O/c1-11-9-12(10-13(17-11)18-15)14(20)16-5-4-8-19-6-2-3-7-19/h9-10H,2-8,15H2,1H3,(H,16,20)(H,17,18). The number of amides is 1. The predicted octanol–water partition coefficient (Wildman–Crippen LogP) is 0.891. The number of hydrogen-bond donors (Lipinski definition) is 3. The average molecular weight is 277 g/mol. The number of carbonyl (C=O) groups is 1. The van der Waals surface area contributed by atoms with Crippen molar-refractivity contribution in [1.82, 2.24) is 15.2 Å². The average Bonchev–Trinajstić information content (AvgIpc) is 2.95. The minimum absolute atomic E-state index is 0.0755. The first-order valence-electron chi connectivity index (χ1n) is 7.15. The number of nitrogens with one attached hydrogen (secondary N) is 2. The van der Waals surface area contributed by atoms with Gasteiger partial charge in [0.05, 0.1) is 0 Å². The molecule has 0 aromatic carbocycles. The van der Waals surface area contributed by atoms with Gasteiger partial charge in [0.1, 0.15) is 5.82 Å². The van der Waals surface area contributed by atoms with E-state index in [9.17, 15) is 4.79 Å². The molecule has 20 heavy (non-hydrogen) atoms. The van der Waals surface area contributed by atoms with E-state index >= 15 is 0 Å². The third kappa shape index (κ3) is 4.18. The molecular formula is C14H23N5O. The Hall–Kier alpha value is -1.66. The number of aryl methyl sites for hydroxylation is 1. The molecule has 0 atom stereocenters. The molecule has 6 nitrogen and oxygen atoms in total. The highest BCUT2D eigenvalue weighted by molar-refractivity contribution is 5.94. The van der Waals surface area contributed by atoms with E-state index in [1.807, 2.05) is 6.92 Å². The van der Waals surface area contributed by atoms with Crippen LogP contribution in [-0.2, 0) is 0 Å². The van der Waals surface area contributed by atoms with Gasteiger partial charge in [-0.25, -0.2) is 10.8 Å². The van der Waals surface area contributed by atoms with Crippen molar-refractivity contribution in [3.05, 3.63) is 23.4 Å². The smallest absolute Gasteiger partial charge is 0.251 e. The molecule has 1 aliphatic heterocycles. The van der Waals surface area contributed by atoms with Gasteiger partial charge in [-0.15, -0.1) is 0 Å². The summed E-state index contributed by atoms with van der Waals surface area (Å²) < 4.78 is 0. The zero-order valence-corrected chi connectivity index (χ0v) is 12.0. The van der Waals surface area contributed by atoms with E-state index in [1.165, 1.54) is 25.9 Å². The van der Waals surface area contributed by atoms with Gasteiger partial charge in [-0.1, -0.05) is 0 Å². The molecule has 6 heteroatoms. The summed E-state index contributed by atoms with van der Waals surface area (Å²) in [7, 11) is 0. The van der Waals surface area contributed by atoms with Gasteiger partial charge >= 0.3 is 0 Å². The highest BCUT2D eigenvalue weighted by Gasteiger charge is 2.11. The third-order valence-corrected chi connectivity index (χ3v) is 3.50. The Bertz CT molecular complexity index is 457. The zero-order valence-electron chi connectivity index (χ0n) is 12.0. The van der Waals surface area contributed by atoms with E-state index in [-0.39, 0.29) is 5.91 Å². The Morgan fingerprint density at radius 3 is 2.85 bits per heavy atom. The summed E-state index contributed by atoms with van der Waals surface area (Å²) in [4.78, 5) is 18.6. The van der Waals surface area contributed by atoms with Gasteiger partial charge in [-0.2, -0.15) is 0 Å². The largest absolute Gasteiger partial charge is 0.352 e. The molecule has 1 aromatic heterocycles. The van der Waals surface area contributed by atoms with E-state index in [2.05, 4.69) is 20.6 Å². The van der Waals surface area contributed by atoms with Gasteiger partial charge in [-0.05, 0) is 58.0 Å². The normalized spacial score (nSPS) is 15.3. The highest BCUT2D eigenvalue weighted by atomic mass is 16.1. The van der Waals surface area contributed by atoms with E-state index in [0.29, 0.717) is 17.9 Å². The number of nitrogens with zero attached hydrogens (tertiary/aromatic N) is 2. The number of nitrogen functional groups attached to an aromatic ring is 1. The summed E-state index contributed by atoms with van der Waals surface area (Å²) in [5, 5.41) is 2.94. The first-order chi connectivity index (χ1) is 9.69. The van der Waals surface area contributed by atoms with Crippen LogP contribution in [0.25, 0.3) is 0 Å². The Morgan fingerprint density at radius 2 is 2.15 bits per heavy atom. The molecule has 1 amide bonds. The SMILES string of the molecule is Cc1cc(C(=O)NCCCN2CCCC2)cc(NN)n1. The number of pyridine rings is 1. The molecule has 0 aliphatic carbocycles. The number of hydrogen-bond acceptors (Lipinski definition) is 5. The van der Waals surface area contributed by atoms with Crippen molar-refractivity contribution in [2.24, 2.45) is 5.84 Å². The fourth-order valence-electron chi connectivity index (χ4n) is 2.49. The number of hydrazine groups is 1. The van der Waals surface area contributed by atoms with Crippen LogP contribution in [-0.4, -0.2) is 42.0 Å². The summed E-state index contributed by atoms with van der Waals surface area (Å²) in [5.41, 5.74) is 3.83. The molecule has 2 heterocycles. The lowest BCUT2D eigenvalue weighted by atomic mass is 10.2. The van der Waals surface area contributed by atoms with Crippen LogP contribution in [0.2, 0.25) is 0 Å². The summed E-state index contributed by atoms with van der Waals surface area (Å²) in [5.74, 6) is 5.76. The van der Waals surface area contributed by atoms with Gasteiger partial charge < -0.3 is 15.6 Å². The van der Waals surface area contributed by atoms with Crippen molar-refractivity contribution in [3.63, 3.8) is 0 Å². The number of carbonyl (C=O) groups excluding carboxylic acids is 1. The van der Waals surface area contributed by atoms with Crippen LogP contribution in [0.1, 0.15) is 35.3 Å². The number of nitrogens with two attached hydrogens (primary N) is 1. The minimum Gasteiger partial charge on any atom is -0.352 e. The molecule has 1 aliphatic rings. The van der Waals surface area contributed by atoms with Gasteiger partial charge in [-0.3, -0.25) is 4.79 Å². The number of aromatic nitrogens is 1. The molecule has 110 valence electrons. The summed E-state index contributed by atoms with van der Waals surface area (Å²) >= 11 is 0. The fourth-order valence-corrected chi connectivity index (χ4v) is 2.49. The quantitative estimate of drug-likeness (QED) is 0.409. The molecule has 0 bridgehead atoms. The van der Waals surface area contributed by atoms with Crippen LogP contribution in [0.5, 0.6) is 0 Å². The van der Waals surface area contributed by atoms with Crippen LogP contribution in [0.15, 0.2) is 12.1 Å². The second-order valence-electron chi connectivity index (χ2n) is 5.18. The van der Waals surface area contributed by atoms with Crippen LogP contribution in [0, 0.1) is 6.92 Å². The summed E-state index contributed by atoms with van der Waals surface area (Å²) in [6, 6.07) is 3.42. The molecular weight excluding hydrogens is 254 g/mol. The summed E-state index contributed by atoms with van der Waals surface area (Å²) in [6.45, 7) is 5.99. The number of anilines is 1. The van der Waals surface area contributed by atoms with Crippen molar-refractivity contribution < 1.29 is 4.79 Å². The predicted molar refractivity (Wildman–Crippen MR) is 79.4 cm³/mol. The maximum atomic E-state index is 12.0. The van der Waals surface area contributed by atoms with Gasteiger partial charge in [0.2, 0.25) is 0 Å². The molecule has 0 unspecified atom stereocenters. The van der Waals surface area contributed by atoms with Crippen LogP contribution in [0.4, 0.5) is 5.82 Å². The number of likely N-dealkylation sites (tertiary alicyclic amines) is 1. The molecule has 0 saturated carbocycles. The van der Waals surface area contributed by atoms with Gasteiger partial charge in [0.25, 0.3) is 5.91 Å². The van der Waals surface area contributed by atoms with Crippen molar-refractivity contribution in [2.45, 2.75) is 26.2 Å². The molecule has 4 N–H and O–H groups in total. The Kier molecular flexibility index (Phi) is 5.31. The van der Waals surface area contributed by atoms with E-state index in [4.69, 9.17) is 5.84 Å². The Labute approximate surface area is 119 Å². The van der Waals surface area contributed by atoms with Crippen LogP contribution >= 0.6 is 0 Å². The van der Waals surface area contributed by atoms with E-state index in [1.54, 1.807) is 12.1 Å². The minimum atomic E-state index is -0.0755. The van der Waals surface area contributed by atoms with E-state index in [0.717, 1.165) is 18.7 Å². The first kappa shape index (κ1) is 14.7. The fraction of sp³-hybridized carbons (Fsp3) is 0.571. The maximum Gasteiger partial charge on any atom is 0.251 e. The topological polar surface area (TPSA) is 83.3 Å². The molecule has 2 rings (SSSR count). The van der Waals surface area contributed by atoms with Crippen molar-refractivity contribution in [3.8, 4) is 0 Å². The van der Waals surface area contributed by atoms with Crippen LogP contribution < -0.4 is 16.6 Å². The highest BCUT2D eigenvalue weighted by Crippen LogP contribution is 2.09. The second-order valence-corrected chi connectivity index (χ2v) is 5.18. The van der Waals surface area contributed by atoms with Crippen molar-refractivity contribution in [2.75, 3.05) is 31.6 Å². The summed E-state index contributed by atoms with van der Waals surface area (Å²) in [6.07, 6.45) is 3.59. The van der Waals surface area contributed by atoms with Gasteiger partial charge in [0.15, 0.2) is 0 Å². The monoisotopic (exact) mass is 277 g/mol. The first-order valence-corrected chi connectivity index (χ1v) is 7.15. The molecule has 1 saturated heterocycles. The van der Waals surface area contributed by atoms with Crippen LogP contribution in [0.3, 0.4) is 0 Å². The third-order valence-electron chi connectivity index (χ3n) is 3.50.